The largest absolute Gasteiger partial charge is 0.391 e. The predicted molar refractivity (Wildman–Crippen MR) is 58.6 cm³/mol. The standard InChI is InChI=1S/C12H22O3/c1-3-9-4-5-12(14)10(6-9)7-11(13)8-15-2/h9-11,13H,3-8H2,1-2H3. The predicted octanol–water partition coefficient (Wildman–Crippen LogP) is 1.78. The van der Waals surface area contributed by atoms with E-state index in [1.54, 1.807) is 7.11 Å². The summed E-state index contributed by atoms with van der Waals surface area (Å²) in [5.74, 6) is 1.06. The zero-order valence-electron chi connectivity index (χ0n) is 9.74. The summed E-state index contributed by atoms with van der Waals surface area (Å²) in [5.41, 5.74) is 0. The number of methoxy groups -OCH3 is 1. The van der Waals surface area contributed by atoms with Gasteiger partial charge in [-0.05, 0) is 25.2 Å². The first-order valence-electron chi connectivity index (χ1n) is 5.87. The summed E-state index contributed by atoms with van der Waals surface area (Å²) in [6.07, 6.45) is 3.91. The summed E-state index contributed by atoms with van der Waals surface area (Å²) < 4.78 is 4.87. The normalized spacial score (nSPS) is 29.1. The lowest BCUT2D eigenvalue weighted by atomic mass is 9.77. The third-order valence-electron chi connectivity index (χ3n) is 3.37. The number of ether oxygens (including phenoxy) is 1. The minimum Gasteiger partial charge on any atom is -0.391 e. The molecular formula is C12H22O3. The highest BCUT2D eigenvalue weighted by molar-refractivity contribution is 5.81. The lowest BCUT2D eigenvalue weighted by Gasteiger charge is -2.28. The lowest BCUT2D eigenvalue weighted by Crippen LogP contribution is -2.29. The monoisotopic (exact) mass is 214 g/mol. The third kappa shape index (κ3) is 3.92. The number of aliphatic hydroxyl groups excluding tert-OH is 1. The van der Waals surface area contributed by atoms with Crippen LogP contribution in [0.5, 0.6) is 0 Å². The van der Waals surface area contributed by atoms with Crippen LogP contribution in [0.3, 0.4) is 0 Å². The Bertz CT molecular complexity index is 203. The molecule has 0 spiro atoms. The van der Waals surface area contributed by atoms with E-state index in [0.717, 1.165) is 19.3 Å². The molecule has 0 aromatic carbocycles. The molecule has 0 aromatic rings. The van der Waals surface area contributed by atoms with Gasteiger partial charge >= 0.3 is 0 Å². The fraction of sp³-hybridized carbons (Fsp3) is 0.917. The number of Topliss-reactive ketones (excluding diaryl/α,β-unsaturated/α-hetero) is 1. The van der Waals surface area contributed by atoms with Crippen LogP contribution in [0, 0.1) is 11.8 Å². The van der Waals surface area contributed by atoms with Crippen LogP contribution in [0.15, 0.2) is 0 Å². The quantitative estimate of drug-likeness (QED) is 0.758. The topological polar surface area (TPSA) is 46.5 Å². The van der Waals surface area contributed by atoms with Crippen molar-refractivity contribution in [3.8, 4) is 0 Å². The average molecular weight is 214 g/mol. The molecule has 1 fully saturated rings. The van der Waals surface area contributed by atoms with Gasteiger partial charge in [-0.1, -0.05) is 13.3 Å². The first kappa shape index (κ1) is 12.7. The molecule has 0 heterocycles. The van der Waals surface area contributed by atoms with Crippen molar-refractivity contribution in [3.05, 3.63) is 0 Å². The average Bonchev–Trinajstić information content (AvgIpc) is 2.21. The summed E-state index contributed by atoms with van der Waals surface area (Å²) >= 11 is 0. The molecule has 15 heavy (non-hydrogen) atoms. The van der Waals surface area contributed by atoms with Crippen molar-refractivity contribution in [1.82, 2.24) is 0 Å². The van der Waals surface area contributed by atoms with Crippen LogP contribution in [0.25, 0.3) is 0 Å². The van der Waals surface area contributed by atoms with Gasteiger partial charge < -0.3 is 9.84 Å². The number of carbonyl (C=O) groups excluding carboxylic acids is 1. The van der Waals surface area contributed by atoms with Crippen LogP contribution in [0.2, 0.25) is 0 Å². The summed E-state index contributed by atoms with van der Waals surface area (Å²) in [4.78, 5) is 11.6. The molecule has 0 radical (unpaired) electrons. The van der Waals surface area contributed by atoms with E-state index >= 15 is 0 Å². The van der Waals surface area contributed by atoms with E-state index in [1.807, 2.05) is 0 Å². The molecule has 1 aliphatic carbocycles. The molecule has 1 saturated carbocycles. The van der Waals surface area contributed by atoms with Crippen molar-refractivity contribution in [3.63, 3.8) is 0 Å². The number of rotatable bonds is 5. The highest BCUT2D eigenvalue weighted by atomic mass is 16.5. The Morgan fingerprint density at radius 2 is 2.33 bits per heavy atom. The molecule has 3 unspecified atom stereocenters. The Hall–Kier alpha value is -0.410. The molecule has 88 valence electrons. The van der Waals surface area contributed by atoms with E-state index in [0.29, 0.717) is 31.1 Å². The maximum absolute atomic E-state index is 11.6. The highest BCUT2D eigenvalue weighted by Gasteiger charge is 2.29. The minimum atomic E-state index is -0.487. The van der Waals surface area contributed by atoms with Crippen LogP contribution in [0.4, 0.5) is 0 Å². The van der Waals surface area contributed by atoms with E-state index in [1.165, 1.54) is 0 Å². The molecule has 0 aromatic heterocycles. The van der Waals surface area contributed by atoms with Crippen LogP contribution >= 0.6 is 0 Å². The zero-order valence-corrected chi connectivity index (χ0v) is 9.74. The Balaban J connectivity index is 2.40. The van der Waals surface area contributed by atoms with Gasteiger partial charge in [0.25, 0.3) is 0 Å². The van der Waals surface area contributed by atoms with Crippen LogP contribution < -0.4 is 0 Å². The fourth-order valence-corrected chi connectivity index (χ4v) is 2.39. The number of carbonyl (C=O) groups is 1. The molecule has 3 nitrogen and oxygen atoms in total. The minimum absolute atomic E-state index is 0.0637. The fourth-order valence-electron chi connectivity index (χ4n) is 2.39. The maximum Gasteiger partial charge on any atom is 0.136 e. The molecular weight excluding hydrogens is 192 g/mol. The van der Waals surface area contributed by atoms with Gasteiger partial charge in [0.05, 0.1) is 12.7 Å². The van der Waals surface area contributed by atoms with Gasteiger partial charge in [-0.25, -0.2) is 0 Å². The van der Waals surface area contributed by atoms with Crippen molar-refractivity contribution < 1.29 is 14.6 Å². The molecule has 0 saturated heterocycles. The van der Waals surface area contributed by atoms with Gasteiger partial charge in [-0.15, -0.1) is 0 Å². The van der Waals surface area contributed by atoms with E-state index in [9.17, 15) is 9.90 Å². The third-order valence-corrected chi connectivity index (χ3v) is 3.37. The van der Waals surface area contributed by atoms with Crippen LogP contribution in [-0.4, -0.2) is 30.7 Å². The maximum atomic E-state index is 11.6. The van der Waals surface area contributed by atoms with Crippen LogP contribution in [0.1, 0.15) is 39.0 Å². The lowest BCUT2D eigenvalue weighted by molar-refractivity contribution is -0.127. The van der Waals surface area contributed by atoms with Gasteiger partial charge in [0.15, 0.2) is 0 Å². The Kier molecular flexibility index (Phi) is 5.26. The number of hydrogen-bond donors (Lipinski definition) is 1. The molecule has 3 heteroatoms. The molecule has 0 amide bonds. The number of aliphatic hydroxyl groups is 1. The van der Waals surface area contributed by atoms with Crippen molar-refractivity contribution in [2.75, 3.05) is 13.7 Å². The second kappa shape index (κ2) is 6.23. The van der Waals surface area contributed by atoms with Crippen molar-refractivity contribution in [1.29, 1.82) is 0 Å². The van der Waals surface area contributed by atoms with Gasteiger partial charge in [0, 0.05) is 19.4 Å². The Morgan fingerprint density at radius 3 is 2.93 bits per heavy atom. The summed E-state index contributed by atoms with van der Waals surface area (Å²) in [5, 5.41) is 9.60. The van der Waals surface area contributed by atoms with Crippen molar-refractivity contribution in [2.45, 2.75) is 45.1 Å². The summed E-state index contributed by atoms with van der Waals surface area (Å²) in [7, 11) is 1.57. The summed E-state index contributed by atoms with van der Waals surface area (Å²) in [6.45, 7) is 2.50. The van der Waals surface area contributed by atoms with Gasteiger partial charge in [0.1, 0.15) is 5.78 Å². The van der Waals surface area contributed by atoms with Gasteiger partial charge in [-0.3, -0.25) is 4.79 Å². The van der Waals surface area contributed by atoms with E-state index < -0.39 is 6.10 Å². The highest BCUT2D eigenvalue weighted by Crippen LogP contribution is 2.31. The molecule has 0 bridgehead atoms. The Morgan fingerprint density at radius 1 is 1.60 bits per heavy atom. The van der Waals surface area contributed by atoms with E-state index in [4.69, 9.17) is 4.74 Å². The van der Waals surface area contributed by atoms with Crippen LogP contribution in [-0.2, 0) is 9.53 Å². The Labute approximate surface area is 91.8 Å². The molecule has 1 N–H and O–H groups in total. The SMILES string of the molecule is CCC1CCC(=O)C(CC(O)COC)C1. The number of ketones is 1. The zero-order chi connectivity index (χ0) is 11.3. The summed E-state index contributed by atoms with van der Waals surface area (Å²) in [6, 6.07) is 0. The van der Waals surface area contributed by atoms with Crippen molar-refractivity contribution in [2.24, 2.45) is 11.8 Å². The van der Waals surface area contributed by atoms with Crippen molar-refractivity contribution >= 4 is 5.78 Å². The smallest absolute Gasteiger partial charge is 0.136 e. The van der Waals surface area contributed by atoms with Gasteiger partial charge in [0.2, 0.25) is 0 Å². The van der Waals surface area contributed by atoms with E-state index in [2.05, 4.69) is 6.92 Å². The van der Waals surface area contributed by atoms with E-state index in [-0.39, 0.29) is 5.92 Å². The number of hydrogen-bond acceptors (Lipinski definition) is 3. The van der Waals surface area contributed by atoms with Gasteiger partial charge in [-0.2, -0.15) is 0 Å². The molecule has 1 rings (SSSR count). The molecule has 1 aliphatic rings. The second-order valence-corrected chi connectivity index (χ2v) is 4.56. The molecule has 3 atom stereocenters. The first-order valence-corrected chi connectivity index (χ1v) is 5.87. The molecule has 0 aliphatic heterocycles. The second-order valence-electron chi connectivity index (χ2n) is 4.56. The first-order chi connectivity index (χ1) is 7.17.